The molecule has 15 heavy (non-hydrogen) atoms. The van der Waals surface area contributed by atoms with Crippen LogP contribution in [0.25, 0.3) is 0 Å². The van der Waals surface area contributed by atoms with Gasteiger partial charge in [-0.25, -0.2) is 9.97 Å². The van der Waals surface area contributed by atoms with Gasteiger partial charge < -0.3 is 5.32 Å². The molecule has 0 aliphatic rings. The number of halogens is 1. The Labute approximate surface area is 97.2 Å². The van der Waals surface area contributed by atoms with Crippen molar-refractivity contribution in [2.75, 3.05) is 11.9 Å². The first kappa shape index (κ1) is 10.4. The summed E-state index contributed by atoms with van der Waals surface area (Å²) in [5, 5.41) is 6.81. The molecule has 0 bridgehead atoms. The van der Waals surface area contributed by atoms with E-state index in [-0.39, 0.29) is 0 Å². The molecule has 0 unspecified atom stereocenters. The predicted octanol–water partition coefficient (Wildman–Crippen LogP) is 2.85. The molecule has 0 atom stereocenters. The first-order valence-electron chi connectivity index (χ1n) is 4.59. The third-order valence-electron chi connectivity index (χ3n) is 1.84. The van der Waals surface area contributed by atoms with Gasteiger partial charge in [-0.3, -0.25) is 0 Å². The SMILES string of the molecule is Clc1cccc(NCCc2nccs2)n1. The fourth-order valence-electron chi connectivity index (χ4n) is 1.18. The van der Waals surface area contributed by atoms with Gasteiger partial charge in [0.05, 0.1) is 5.01 Å². The Morgan fingerprint density at radius 2 is 2.33 bits per heavy atom. The molecule has 0 fully saturated rings. The van der Waals surface area contributed by atoms with Crippen molar-refractivity contribution in [2.24, 2.45) is 0 Å². The highest BCUT2D eigenvalue weighted by Gasteiger charge is 1.97. The van der Waals surface area contributed by atoms with Crippen LogP contribution in [0.15, 0.2) is 29.8 Å². The highest BCUT2D eigenvalue weighted by Crippen LogP contribution is 2.10. The normalized spacial score (nSPS) is 10.2. The molecule has 0 amide bonds. The van der Waals surface area contributed by atoms with Gasteiger partial charge in [0.2, 0.25) is 0 Å². The van der Waals surface area contributed by atoms with Crippen molar-refractivity contribution in [2.45, 2.75) is 6.42 Å². The smallest absolute Gasteiger partial charge is 0.131 e. The van der Waals surface area contributed by atoms with Gasteiger partial charge in [-0.2, -0.15) is 0 Å². The van der Waals surface area contributed by atoms with Crippen molar-refractivity contribution in [3.8, 4) is 0 Å². The lowest BCUT2D eigenvalue weighted by Crippen LogP contribution is -2.05. The molecule has 0 saturated carbocycles. The molecule has 0 aliphatic heterocycles. The van der Waals surface area contributed by atoms with Crippen LogP contribution in [0.4, 0.5) is 5.82 Å². The first-order valence-corrected chi connectivity index (χ1v) is 5.85. The van der Waals surface area contributed by atoms with Gasteiger partial charge in [-0.05, 0) is 12.1 Å². The highest BCUT2D eigenvalue weighted by atomic mass is 35.5. The van der Waals surface area contributed by atoms with E-state index in [9.17, 15) is 0 Å². The van der Waals surface area contributed by atoms with E-state index in [1.54, 1.807) is 17.4 Å². The minimum Gasteiger partial charge on any atom is -0.370 e. The molecule has 0 aromatic carbocycles. The average Bonchev–Trinajstić information content (AvgIpc) is 2.71. The summed E-state index contributed by atoms with van der Waals surface area (Å²) in [6, 6.07) is 5.53. The number of thiazole rings is 1. The number of hydrogen-bond donors (Lipinski definition) is 1. The summed E-state index contributed by atoms with van der Waals surface area (Å²) in [6.07, 6.45) is 2.73. The molecule has 78 valence electrons. The van der Waals surface area contributed by atoms with Gasteiger partial charge in [-0.15, -0.1) is 11.3 Å². The molecule has 3 nitrogen and oxygen atoms in total. The van der Waals surface area contributed by atoms with Crippen LogP contribution >= 0.6 is 22.9 Å². The number of nitrogens with one attached hydrogen (secondary N) is 1. The number of pyridine rings is 1. The van der Waals surface area contributed by atoms with Gasteiger partial charge >= 0.3 is 0 Å². The summed E-state index contributed by atoms with van der Waals surface area (Å²) in [6.45, 7) is 0.820. The van der Waals surface area contributed by atoms with Crippen molar-refractivity contribution in [1.29, 1.82) is 0 Å². The Bertz CT molecular complexity index is 416. The quantitative estimate of drug-likeness (QED) is 0.834. The highest BCUT2D eigenvalue weighted by molar-refractivity contribution is 7.09. The molecule has 0 saturated heterocycles. The van der Waals surface area contributed by atoms with Crippen LogP contribution in [0.5, 0.6) is 0 Å². The Balaban J connectivity index is 1.83. The molecule has 0 radical (unpaired) electrons. The minimum absolute atomic E-state index is 0.509. The zero-order chi connectivity index (χ0) is 10.5. The Kier molecular flexibility index (Phi) is 3.53. The third kappa shape index (κ3) is 3.18. The minimum atomic E-state index is 0.509. The summed E-state index contributed by atoms with van der Waals surface area (Å²) >= 11 is 7.43. The van der Waals surface area contributed by atoms with Gasteiger partial charge in [0.1, 0.15) is 11.0 Å². The Morgan fingerprint density at radius 3 is 3.07 bits per heavy atom. The molecule has 0 spiro atoms. The van der Waals surface area contributed by atoms with E-state index in [2.05, 4.69) is 15.3 Å². The molecule has 2 aromatic rings. The van der Waals surface area contributed by atoms with Gasteiger partial charge in [-0.1, -0.05) is 17.7 Å². The number of rotatable bonds is 4. The van der Waals surface area contributed by atoms with Crippen LogP contribution in [-0.2, 0) is 6.42 Å². The molecule has 1 N–H and O–H groups in total. The molecule has 2 aromatic heterocycles. The second-order valence-electron chi connectivity index (χ2n) is 2.95. The van der Waals surface area contributed by atoms with Crippen LogP contribution in [0, 0.1) is 0 Å². The summed E-state index contributed by atoms with van der Waals surface area (Å²) in [7, 11) is 0. The molecular formula is C10H10ClN3S. The molecule has 2 heterocycles. The molecule has 5 heteroatoms. The lowest BCUT2D eigenvalue weighted by Gasteiger charge is -2.03. The van der Waals surface area contributed by atoms with Crippen molar-refractivity contribution < 1.29 is 0 Å². The van der Waals surface area contributed by atoms with E-state index in [4.69, 9.17) is 11.6 Å². The predicted molar refractivity (Wildman–Crippen MR) is 63.6 cm³/mol. The largest absolute Gasteiger partial charge is 0.370 e. The summed E-state index contributed by atoms with van der Waals surface area (Å²) in [4.78, 5) is 8.33. The molecule has 0 aliphatic carbocycles. The van der Waals surface area contributed by atoms with E-state index < -0.39 is 0 Å². The topological polar surface area (TPSA) is 37.8 Å². The maximum Gasteiger partial charge on any atom is 0.131 e. The van der Waals surface area contributed by atoms with Crippen molar-refractivity contribution in [1.82, 2.24) is 9.97 Å². The number of nitrogens with zero attached hydrogens (tertiary/aromatic N) is 2. The van der Waals surface area contributed by atoms with Crippen molar-refractivity contribution >= 4 is 28.8 Å². The second kappa shape index (κ2) is 5.09. The van der Waals surface area contributed by atoms with Gasteiger partial charge in [0.15, 0.2) is 0 Å². The number of hydrogen-bond acceptors (Lipinski definition) is 4. The van der Waals surface area contributed by atoms with E-state index in [0.29, 0.717) is 5.15 Å². The van der Waals surface area contributed by atoms with Crippen LogP contribution in [0.2, 0.25) is 5.15 Å². The van der Waals surface area contributed by atoms with Gasteiger partial charge in [0.25, 0.3) is 0 Å². The average molecular weight is 240 g/mol. The van der Waals surface area contributed by atoms with Crippen LogP contribution < -0.4 is 5.32 Å². The lowest BCUT2D eigenvalue weighted by atomic mass is 10.4. The standard InChI is InChI=1S/C10H10ClN3S/c11-8-2-1-3-9(14-8)12-5-4-10-13-6-7-15-10/h1-3,6-7H,4-5H2,(H,12,14). The monoisotopic (exact) mass is 239 g/mol. The molecular weight excluding hydrogens is 230 g/mol. The zero-order valence-electron chi connectivity index (χ0n) is 7.98. The molecule has 2 rings (SSSR count). The zero-order valence-corrected chi connectivity index (χ0v) is 9.55. The first-order chi connectivity index (χ1) is 7.34. The maximum atomic E-state index is 5.76. The lowest BCUT2D eigenvalue weighted by molar-refractivity contribution is 0.988. The van der Waals surface area contributed by atoms with E-state index in [0.717, 1.165) is 23.8 Å². The van der Waals surface area contributed by atoms with Crippen LogP contribution in [0.3, 0.4) is 0 Å². The van der Waals surface area contributed by atoms with Crippen molar-refractivity contribution in [3.05, 3.63) is 39.9 Å². The van der Waals surface area contributed by atoms with E-state index in [1.807, 2.05) is 23.7 Å². The van der Waals surface area contributed by atoms with Gasteiger partial charge in [0, 0.05) is 24.5 Å². The van der Waals surface area contributed by atoms with Crippen LogP contribution in [0.1, 0.15) is 5.01 Å². The number of anilines is 1. The second-order valence-corrected chi connectivity index (χ2v) is 4.31. The Morgan fingerprint density at radius 1 is 1.40 bits per heavy atom. The number of aromatic nitrogens is 2. The summed E-state index contributed by atoms with van der Waals surface area (Å²) in [5.74, 6) is 0.805. The van der Waals surface area contributed by atoms with E-state index in [1.165, 1.54) is 0 Å². The third-order valence-corrected chi connectivity index (χ3v) is 2.89. The van der Waals surface area contributed by atoms with E-state index >= 15 is 0 Å². The summed E-state index contributed by atoms with van der Waals surface area (Å²) < 4.78 is 0. The Hall–Kier alpha value is -1.13. The maximum absolute atomic E-state index is 5.76. The fraction of sp³-hybridized carbons (Fsp3) is 0.200. The fourth-order valence-corrected chi connectivity index (χ4v) is 1.96. The van der Waals surface area contributed by atoms with Crippen molar-refractivity contribution in [3.63, 3.8) is 0 Å². The summed E-state index contributed by atoms with van der Waals surface area (Å²) in [5.41, 5.74) is 0. The van der Waals surface area contributed by atoms with Crippen LogP contribution in [-0.4, -0.2) is 16.5 Å².